The number of rotatable bonds is 4. The second-order valence-electron chi connectivity index (χ2n) is 6.12. The molecule has 1 aromatic carbocycles. The lowest BCUT2D eigenvalue weighted by Gasteiger charge is -2.22. The van der Waals surface area contributed by atoms with Crippen LogP contribution in [0.4, 0.5) is 0 Å². The number of carbonyl (C=O) groups excluding carboxylic acids is 1. The predicted octanol–water partition coefficient (Wildman–Crippen LogP) is 2.96. The number of amides is 1. The van der Waals surface area contributed by atoms with Crippen LogP contribution in [0.5, 0.6) is 0 Å². The Hall–Kier alpha value is -1.81. The van der Waals surface area contributed by atoms with Gasteiger partial charge >= 0.3 is 0 Å². The average Bonchev–Trinajstić information content (AvgIpc) is 3.12. The second-order valence-corrected chi connectivity index (χ2v) is 6.12. The molecule has 4 heteroatoms. The third-order valence-corrected chi connectivity index (χ3v) is 4.26. The average molecular weight is 286 g/mol. The Labute approximate surface area is 124 Å². The van der Waals surface area contributed by atoms with E-state index in [1.54, 1.807) is 0 Å². The van der Waals surface area contributed by atoms with Crippen LogP contribution in [0.1, 0.15) is 30.6 Å². The molecule has 2 atom stereocenters. The maximum Gasteiger partial charge on any atom is 0.251 e. The first-order valence-corrected chi connectivity index (χ1v) is 7.62. The van der Waals surface area contributed by atoms with E-state index >= 15 is 0 Å². The van der Waals surface area contributed by atoms with Crippen LogP contribution in [-0.2, 0) is 4.74 Å². The summed E-state index contributed by atoms with van der Waals surface area (Å²) in [6.07, 6.45) is 3.17. The van der Waals surface area contributed by atoms with E-state index in [1.807, 2.05) is 30.5 Å². The van der Waals surface area contributed by atoms with Gasteiger partial charge in [0.15, 0.2) is 0 Å². The van der Waals surface area contributed by atoms with E-state index in [9.17, 15) is 4.79 Å². The fraction of sp³-hybridized carbons (Fsp3) is 0.471. The number of hydrogen-bond acceptors (Lipinski definition) is 2. The number of fused-ring (bicyclic) bond motifs is 1. The SMILES string of the molecule is CC(C)[C@@H]1OCC[C@H]1CNC(=O)c1ccc2[nH]ccc2c1. The van der Waals surface area contributed by atoms with Crippen LogP contribution >= 0.6 is 0 Å². The molecule has 1 aliphatic heterocycles. The Morgan fingerprint density at radius 3 is 3.10 bits per heavy atom. The Morgan fingerprint density at radius 2 is 2.29 bits per heavy atom. The van der Waals surface area contributed by atoms with Gasteiger partial charge in [-0.3, -0.25) is 4.79 Å². The first-order chi connectivity index (χ1) is 10.1. The fourth-order valence-corrected chi connectivity index (χ4v) is 3.13. The molecule has 1 aliphatic rings. The van der Waals surface area contributed by atoms with E-state index < -0.39 is 0 Å². The van der Waals surface area contributed by atoms with Crippen LogP contribution in [0.3, 0.4) is 0 Å². The Bertz CT molecular complexity index is 633. The number of aromatic amines is 1. The highest BCUT2D eigenvalue weighted by Crippen LogP contribution is 2.26. The van der Waals surface area contributed by atoms with Gasteiger partial charge in [-0.25, -0.2) is 0 Å². The Balaban J connectivity index is 1.63. The molecule has 21 heavy (non-hydrogen) atoms. The summed E-state index contributed by atoms with van der Waals surface area (Å²) >= 11 is 0. The summed E-state index contributed by atoms with van der Waals surface area (Å²) in [5.74, 6) is 0.906. The Morgan fingerprint density at radius 1 is 1.43 bits per heavy atom. The predicted molar refractivity (Wildman–Crippen MR) is 83.3 cm³/mol. The van der Waals surface area contributed by atoms with E-state index in [0.29, 0.717) is 23.9 Å². The van der Waals surface area contributed by atoms with Crippen molar-refractivity contribution in [2.75, 3.05) is 13.2 Å². The zero-order valence-corrected chi connectivity index (χ0v) is 12.6. The van der Waals surface area contributed by atoms with Crippen molar-refractivity contribution >= 4 is 16.8 Å². The molecule has 2 aromatic rings. The smallest absolute Gasteiger partial charge is 0.251 e. The minimum Gasteiger partial charge on any atom is -0.378 e. The lowest BCUT2D eigenvalue weighted by molar-refractivity contribution is 0.0533. The van der Waals surface area contributed by atoms with Crippen molar-refractivity contribution in [2.45, 2.75) is 26.4 Å². The van der Waals surface area contributed by atoms with Gasteiger partial charge in [-0.15, -0.1) is 0 Å². The molecule has 1 saturated heterocycles. The minimum atomic E-state index is -0.00694. The molecule has 0 spiro atoms. The summed E-state index contributed by atoms with van der Waals surface area (Å²) in [6, 6.07) is 7.71. The number of H-pyrrole nitrogens is 1. The third-order valence-electron chi connectivity index (χ3n) is 4.26. The van der Waals surface area contributed by atoms with E-state index in [0.717, 1.165) is 23.9 Å². The molecule has 1 aromatic heterocycles. The molecule has 0 aliphatic carbocycles. The molecule has 1 fully saturated rings. The monoisotopic (exact) mass is 286 g/mol. The van der Waals surface area contributed by atoms with Crippen molar-refractivity contribution < 1.29 is 9.53 Å². The molecule has 112 valence electrons. The lowest BCUT2D eigenvalue weighted by atomic mass is 9.93. The van der Waals surface area contributed by atoms with Crippen LogP contribution in [0.2, 0.25) is 0 Å². The number of hydrogen-bond donors (Lipinski definition) is 2. The van der Waals surface area contributed by atoms with Gasteiger partial charge in [0, 0.05) is 41.7 Å². The molecule has 0 saturated carbocycles. The molecule has 0 unspecified atom stereocenters. The van der Waals surface area contributed by atoms with E-state index in [4.69, 9.17) is 4.74 Å². The van der Waals surface area contributed by atoms with Crippen LogP contribution in [0.15, 0.2) is 30.5 Å². The molecule has 2 N–H and O–H groups in total. The fourth-order valence-electron chi connectivity index (χ4n) is 3.13. The van der Waals surface area contributed by atoms with Crippen LogP contribution in [0.25, 0.3) is 10.9 Å². The zero-order valence-electron chi connectivity index (χ0n) is 12.6. The highest BCUT2D eigenvalue weighted by Gasteiger charge is 2.30. The lowest BCUT2D eigenvalue weighted by Crippen LogP contribution is -2.34. The minimum absolute atomic E-state index is 0.00694. The van der Waals surface area contributed by atoms with Gasteiger partial charge in [-0.2, -0.15) is 0 Å². The van der Waals surface area contributed by atoms with Crippen molar-refractivity contribution in [3.8, 4) is 0 Å². The first-order valence-electron chi connectivity index (χ1n) is 7.62. The summed E-state index contributed by atoms with van der Waals surface area (Å²) in [5, 5.41) is 4.12. The number of carbonyl (C=O) groups is 1. The first kappa shape index (κ1) is 14.1. The van der Waals surface area contributed by atoms with Gasteiger partial charge in [-0.1, -0.05) is 13.8 Å². The highest BCUT2D eigenvalue weighted by molar-refractivity contribution is 5.98. The van der Waals surface area contributed by atoms with E-state index in [1.165, 1.54) is 0 Å². The molecule has 2 heterocycles. The third kappa shape index (κ3) is 2.95. The van der Waals surface area contributed by atoms with E-state index in [2.05, 4.69) is 24.1 Å². The second kappa shape index (κ2) is 5.90. The highest BCUT2D eigenvalue weighted by atomic mass is 16.5. The Kier molecular flexibility index (Phi) is 3.97. The quantitative estimate of drug-likeness (QED) is 0.908. The van der Waals surface area contributed by atoms with Gasteiger partial charge in [0.05, 0.1) is 6.10 Å². The summed E-state index contributed by atoms with van der Waals surface area (Å²) in [4.78, 5) is 15.4. The molecule has 3 rings (SSSR count). The van der Waals surface area contributed by atoms with Crippen LogP contribution < -0.4 is 5.32 Å². The van der Waals surface area contributed by atoms with Gasteiger partial charge in [0.2, 0.25) is 0 Å². The largest absolute Gasteiger partial charge is 0.378 e. The van der Waals surface area contributed by atoms with Crippen molar-refractivity contribution in [3.05, 3.63) is 36.0 Å². The zero-order chi connectivity index (χ0) is 14.8. The van der Waals surface area contributed by atoms with Crippen LogP contribution in [0, 0.1) is 11.8 Å². The summed E-state index contributed by atoms with van der Waals surface area (Å²) in [7, 11) is 0. The van der Waals surface area contributed by atoms with Gasteiger partial charge in [0.25, 0.3) is 5.91 Å². The van der Waals surface area contributed by atoms with Gasteiger partial charge < -0.3 is 15.0 Å². The maximum absolute atomic E-state index is 12.3. The van der Waals surface area contributed by atoms with E-state index in [-0.39, 0.29) is 12.0 Å². The molecular weight excluding hydrogens is 264 g/mol. The summed E-state index contributed by atoms with van der Waals surface area (Å²) in [6.45, 7) is 5.83. The van der Waals surface area contributed by atoms with Gasteiger partial charge in [-0.05, 0) is 36.6 Å². The number of benzene rings is 1. The molecule has 1 amide bonds. The number of nitrogens with one attached hydrogen (secondary N) is 2. The van der Waals surface area contributed by atoms with Gasteiger partial charge in [0.1, 0.15) is 0 Å². The van der Waals surface area contributed by atoms with Crippen molar-refractivity contribution in [3.63, 3.8) is 0 Å². The van der Waals surface area contributed by atoms with Crippen molar-refractivity contribution in [2.24, 2.45) is 11.8 Å². The summed E-state index contributed by atoms with van der Waals surface area (Å²) < 4.78 is 5.76. The molecule has 0 radical (unpaired) electrons. The number of aromatic nitrogens is 1. The normalized spacial score (nSPS) is 22.0. The summed E-state index contributed by atoms with van der Waals surface area (Å²) in [5.41, 5.74) is 1.76. The number of ether oxygens (including phenoxy) is 1. The molecular formula is C17H22N2O2. The topological polar surface area (TPSA) is 54.1 Å². The standard InChI is InChI=1S/C17H22N2O2/c1-11(2)16-14(6-8-21-16)10-19-17(20)13-3-4-15-12(9-13)5-7-18-15/h3-5,7,9,11,14,16,18H,6,8,10H2,1-2H3,(H,19,20)/t14-,16-/m0/s1. The van der Waals surface area contributed by atoms with Crippen molar-refractivity contribution in [1.29, 1.82) is 0 Å². The molecule has 4 nitrogen and oxygen atoms in total. The molecule has 0 bridgehead atoms. The van der Waals surface area contributed by atoms with Crippen molar-refractivity contribution in [1.82, 2.24) is 10.3 Å². The maximum atomic E-state index is 12.3. The van der Waals surface area contributed by atoms with Crippen LogP contribution in [-0.4, -0.2) is 30.1 Å².